The maximum atomic E-state index is 13.1. The number of methoxy groups -OCH3 is 2. The Morgan fingerprint density at radius 1 is 1.03 bits per heavy atom. The smallest absolute Gasteiger partial charge is 0.270 e. The van der Waals surface area contributed by atoms with Gasteiger partial charge >= 0.3 is 0 Å². The maximum Gasteiger partial charge on any atom is 0.270 e. The molecule has 1 fully saturated rings. The topological polar surface area (TPSA) is 132 Å². The maximum absolute atomic E-state index is 13.1. The first-order valence-corrected chi connectivity index (χ1v) is 11.6. The number of ether oxygens (including phenoxy) is 2. The van der Waals surface area contributed by atoms with Gasteiger partial charge in [-0.1, -0.05) is 26.7 Å². The molecule has 0 unspecified atom stereocenters. The van der Waals surface area contributed by atoms with Gasteiger partial charge in [-0.3, -0.25) is 19.7 Å². The molecule has 35 heavy (non-hydrogen) atoms. The first-order chi connectivity index (χ1) is 16.7. The van der Waals surface area contributed by atoms with E-state index in [0.717, 1.165) is 18.9 Å². The van der Waals surface area contributed by atoms with Crippen molar-refractivity contribution in [2.24, 2.45) is 11.8 Å². The number of nitrogens with zero attached hydrogens (tertiary/aromatic N) is 1. The molecule has 0 heterocycles. The number of carbonyl (C=O) groups is 2. The Labute approximate surface area is 204 Å². The van der Waals surface area contributed by atoms with Crippen molar-refractivity contribution in [1.29, 1.82) is 0 Å². The molecule has 1 saturated carbocycles. The molecular weight excluding hydrogens is 452 g/mol. The number of hydrogen-bond acceptors (Lipinski definition) is 7. The van der Waals surface area contributed by atoms with Crippen LogP contribution in [0, 0.1) is 22.0 Å². The van der Waals surface area contributed by atoms with Crippen LogP contribution in [0.2, 0.25) is 0 Å². The van der Waals surface area contributed by atoms with E-state index in [1.54, 1.807) is 18.2 Å². The molecule has 2 amide bonds. The number of non-ortho nitro benzene ring substituents is 1. The normalized spacial score (nSPS) is 19.5. The summed E-state index contributed by atoms with van der Waals surface area (Å²) >= 11 is 0. The van der Waals surface area contributed by atoms with Gasteiger partial charge in [0.15, 0.2) is 0 Å². The Hall–Kier alpha value is -3.66. The molecular formula is C25H32N4O6. The fourth-order valence-electron chi connectivity index (χ4n) is 4.32. The minimum absolute atomic E-state index is 0.0370. The van der Waals surface area contributed by atoms with Gasteiger partial charge in [-0.05, 0) is 36.5 Å². The van der Waals surface area contributed by atoms with Crippen molar-refractivity contribution in [3.8, 4) is 11.5 Å². The Bertz CT molecular complexity index is 1090. The summed E-state index contributed by atoms with van der Waals surface area (Å²) < 4.78 is 10.5. The van der Waals surface area contributed by atoms with Crippen molar-refractivity contribution in [3.63, 3.8) is 0 Å². The zero-order valence-corrected chi connectivity index (χ0v) is 20.4. The quantitative estimate of drug-likeness (QED) is 0.359. The first-order valence-electron chi connectivity index (χ1n) is 11.6. The van der Waals surface area contributed by atoms with Gasteiger partial charge < -0.3 is 25.4 Å². The Balaban J connectivity index is 1.77. The number of anilines is 2. The number of amides is 2. The number of benzene rings is 2. The second-order valence-corrected chi connectivity index (χ2v) is 8.81. The molecule has 0 spiro atoms. The minimum atomic E-state index is -0.629. The van der Waals surface area contributed by atoms with Crippen LogP contribution in [-0.2, 0) is 4.79 Å². The van der Waals surface area contributed by atoms with E-state index in [0.29, 0.717) is 29.0 Å². The third-order valence-electron chi connectivity index (χ3n) is 6.62. The number of nitro benzene ring substituents is 1. The van der Waals surface area contributed by atoms with Gasteiger partial charge in [0.25, 0.3) is 11.6 Å². The summed E-state index contributed by atoms with van der Waals surface area (Å²) in [6.07, 6.45) is 3.31. The lowest BCUT2D eigenvalue weighted by Crippen LogP contribution is -2.43. The van der Waals surface area contributed by atoms with Crippen LogP contribution in [0.3, 0.4) is 0 Å². The number of nitro groups is 1. The highest BCUT2D eigenvalue weighted by Gasteiger charge is 2.27. The molecule has 10 nitrogen and oxygen atoms in total. The van der Waals surface area contributed by atoms with Crippen LogP contribution in [0.15, 0.2) is 36.4 Å². The average molecular weight is 485 g/mol. The summed E-state index contributed by atoms with van der Waals surface area (Å²) in [5.74, 6) is 0.975. The van der Waals surface area contributed by atoms with Gasteiger partial charge in [-0.25, -0.2) is 0 Å². The van der Waals surface area contributed by atoms with E-state index in [-0.39, 0.29) is 35.4 Å². The summed E-state index contributed by atoms with van der Waals surface area (Å²) in [5, 5.41) is 20.0. The molecule has 0 saturated heterocycles. The van der Waals surface area contributed by atoms with Crippen LogP contribution in [0.4, 0.5) is 17.1 Å². The minimum Gasteiger partial charge on any atom is -0.497 e. The van der Waals surface area contributed by atoms with Crippen LogP contribution in [0.25, 0.3) is 0 Å². The summed E-state index contributed by atoms with van der Waals surface area (Å²) in [7, 11) is 2.96. The Morgan fingerprint density at radius 3 is 2.46 bits per heavy atom. The molecule has 2 aromatic rings. The Morgan fingerprint density at radius 2 is 1.77 bits per heavy atom. The molecule has 1 aliphatic rings. The molecule has 0 radical (unpaired) electrons. The molecule has 0 aliphatic heterocycles. The van der Waals surface area contributed by atoms with E-state index in [1.165, 1.54) is 32.8 Å². The van der Waals surface area contributed by atoms with Gasteiger partial charge in [0, 0.05) is 24.2 Å². The van der Waals surface area contributed by atoms with Gasteiger partial charge in [-0.2, -0.15) is 0 Å². The Kier molecular flexibility index (Phi) is 8.64. The summed E-state index contributed by atoms with van der Waals surface area (Å²) in [4.78, 5) is 36.5. The molecule has 3 N–H and O–H groups in total. The van der Waals surface area contributed by atoms with Crippen LogP contribution < -0.4 is 25.4 Å². The van der Waals surface area contributed by atoms with Crippen molar-refractivity contribution >= 4 is 28.9 Å². The second-order valence-electron chi connectivity index (χ2n) is 8.81. The number of hydrogen-bond donors (Lipinski definition) is 3. The third kappa shape index (κ3) is 6.48. The zero-order chi connectivity index (χ0) is 25.5. The van der Waals surface area contributed by atoms with E-state index in [9.17, 15) is 19.7 Å². The predicted molar refractivity (Wildman–Crippen MR) is 133 cm³/mol. The van der Waals surface area contributed by atoms with Gasteiger partial charge in [0.2, 0.25) is 5.91 Å². The van der Waals surface area contributed by atoms with Gasteiger partial charge in [0.1, 0.15) is 11.5 Å². The molecule has 0 bridgehead atoms. The highest BCUT2D eigenvalue weighted by atomic mass is 16.6. The molecule has 3 atom stereocenters. The van der Waals surface area contributed by atoms with Gasteiger partial charge in [0.05, 0.1) is 42.6 Å². The van der Waals surface area contributed by atoms with Crippen LogP contribution >= 0.6 is 0 Å². The van der Waals surface area contributed by atoms with E-state index in [4.69, 9.17) is 9.47 Å². The largest absolute Gasteiger partial charge is 0.497 e. The summed E-state index contributed by atoms with van der Waals surface area (Å²) in [6, 6.07) is 8.84. The predicted octanol–water partition coefficient (Wildman–Crippen LogP) is 4.22. The van der Waals surface area contributed by atoms with Crippen LogP contribution in [0.1, 0.15) is 43.5 Å². The molecule has 10 heteroatoms. The third-order valence-corrected chi connectivity index (χ3v) is 6.62. The number of rotatable bonds is 9. The van der Waals surface area contributed by atoms with Crippen molar-refractivity contribution in [1.82, 2.24) is 5.32 Å². The average Bonchev–Trinajstić information content (AvgIpc) is 2.85. The molecule has 188 valence electrons. The van der Waals surface area contributed by atoms with Crippen molar-refractivity contribution < 1.29 is 24.0 Å². The lowest BCUT2D eigenvalue weighted by molar-refractivity contribution is -0.384. The second kappa shape index (κ2) is 11.7. The fourth-order valence-corrected chi connectivity index (χ4v) is 4.32. The van der Waals surface area contributed by atoms with Crippen LogP contribution in [0.5, 0.6) is 11.5 Å². The zero-order valence-electron chi connectivity index (χ0n) is 20.4. The van der Waals surface area contributed by atoms with E-state index >= 15 is 0 Å². The molecule has 3 rings (SSSR count). The van der Waals surface area contributed by atoms with E-state index < -0.39 is 10.8 Å². The van der Waals surface area contributed by atoms with Crippen molar-refractivity contribution in [3.05, 3.63) is 52.1 Å². The van der Waals surface area contributed by atoms with Crippen molar-refractivity contribution in [2.45, 2.75) is 39.2 Å². The number of nitrogens with one attached hydrogen (secondary N) is 3. The van der Waals surface area contributed by atoms with Gasteiger partial charge in [-0.15, -0.1) is 0 Å². The number of carbonyl (C=O) groups excluding carboxylic acids is 2. The highest BCUT2D eigenvalue weighted by Crippen LogP contribution is 2.31. The van der Waals surface area contributed by atoms with E-state index in [1.807, 2.05) is 0 Å². The van der Waals surface area contributed by atoms with Crippen molar-refractivity contribution in [2.75, 3.05) is 31.4 Å². The summed E-state index contributed by atoms with van der Waals surface area (Å²) in [5.41, 5.74) is 0.227. The SMILES string of the molecule is COc1ccc(NC(=O)c2cc([N+](=O)[O-])ccc2NC(=O)CN[C@@H]2CCC[C@H](C)[C@H]2C)c(OC)c1. The van der Waals surface area contributed by atoms with Crippen LogP contribution in [-0.4, -0.2) is 43.5 Å². The fraction of sp³-hybridized carbons (Fsp3) is 0.440. The summed E-state index contributed by atoms with van der Waals surface area (Å²) in [6.45, 7) is 4.48. The highest BCUT2D eigenvalue weighted by molar-refractivity contribution is 6.11. The first kappa shape index (κ1) is 26.0. The molecule has 2 aromatic carbocycles. The lowest BCUT2D eigenvalue weighted by Gasteiger charge is -2.34. The monoisotopic (exact) mass is 484 g/mol. The molecule has 1 aliphatic carbocycles. The lowest BCUT2D eigenvalue weighted by atomic mass is 9.78. The van der Waals surface area contributed by atoms with E-state index in [2.05, 4.69) is 29.8 Å². The standard InChI is InChI=1S/C25H32N4O6/c1-15-6-5-7-20(16(15)2)26-14-24(30)27-21-10-8-17(29(32)33)12-19(21)25(31)28-22-11-9-18(34-3)13-23(22)35-4/h8-13,15-16,20,26H,5-7,14H2,1-4H3,(H,27,30)(H,28,31)/t15-,16+,20+/m0/s1. The molecule has 0 aromatic heterocycles.